The maximum absolute atomic E-state index is 13.0. The van der Waals surface area contributed by atoms with Crippen molar-refractivity contribution in [2.75, 3.05) is 6.54 Å². The van der Waals surface area contributed by atoms with Crippen molar-refractivity contribution in [2.45, 2.75) is 32.6 Å². The van der Waals surface area contributed by atoms with Crippen molar-refractivity contribution >= 4 is 52.0 Å². The molecule has 1 aromatic heterocycles. The Morgan fingerprint density at radius 1 is 1.11 bits per heavy atom. The number of rotatable bonds is 9. The summed E-state index contributed by atoms with van der Waals surface area (Å²) in [5.74, 6) is -1.00. The molecule has 0 bridgehead atoms. The lowest BCUT2D eigenvalue weighted by Crippen LogP contribution is -2.53. The summed E-state index contributed by atoms with van der Waals surface area (Å²) in [7, 11) is 0. The quantitative estimate of drug-likeness (QED) is 0.112. The summed E-state index contributed by atoms with van der Waals surface area (Å²) in [5, 5.41) is 3.28. The molecule has 1 saturated heterocycles. The van der Waals surface area contributed by atoms with E-state index in [0.29, 0.717) is 22.1 Å². The molecule has 0 aliphatic carbocycles. The van der Waals surface area contributed by atoms with Crippen molar-refractivity contribution in [1.82, 2.24) is 10.2 Å². The Morgan fingerprint density at radius 2 is 1.89 bits per heavy atom. The van der Waals surface area contributed by atoms with Crippen LogP contribution in [0.25, 0.3) is 17.0 Å². The average molecular weight is 487 g/mol. The van der Waals surface area contributed by atoms with E-state index < -0.39 is 11.8 Å². The predicted molar refractivity (Wildman–Crippen MR) is 140 cm³/mol. The SMILES string of the molecule is C=CCN1C(=O)/C(=C\c2ccc3oc(C(=O)c4ccc(CCCCC)cc4)cc3c2)C(=O)NC1=S. The molecule has 7 heteroatoms. The predicted octanol–water partition coefficient (Wildman–Crippen LogP) is 5.21. The number of furan rings is 1. The molecule has 0 unspecified atom stereocenters. The molecule has 2 amide bonds. The first-order valence-electron chi connectivity index (χ1n) is 11.6. The first kappa shape index (κ1) is 24.3. The van der Waals surface area contributed by atoms with Gasteiger partial charge in [-0.15, -0.1) is 6.58 Å². The zero-order valence-electron chi connectivity index (χ0n) is 19.5. The molecule has 1 N–H and O–H groups in total. The largest absolute Gasteiger partial charge is 0.453 e. The molecule has 2 heterocycles. The smallest absolute Gasteiger partial charge is 0.265 e. The van der Waals surface area contributed by atoms with Crippen LogP contribution in [0.1, 0.15) is 53.4 Å². The van der Waals surface area contributed by atoms with Crippen LogP contribution in [0.5, 0.6) is 0 Å². The fraction of sp³-hybridized carbons (Fsp3) is 0.214. The van der Waals surface area contributed by atoms with Crippen molar-refractivity contribution in [2.24, 2.45) is 0 Å². The van der Waals surface area contributed by atoms with Crippen LogP contribution in [-0.2, 0) is 16.0 Å². The summed E-state index contributed by atoms with van der Waals surface area (Å²) in [6.07, 6.45) is 7.54. The molecule has 3 aromatic rings. The number of unbranched alkanes of at least 4 members (excludes halogenated alkanes) is 2. The third-order valence-corrected chi connectivity index (χ3v) is 6.18. The second-order valence-corrected chi connectivity index (χ2v) is 8.80. The van der Waals surface area contributed by atoms with Crippen molar-refractivity contribution in [3.05, 3.63) is 89.2 Å². The Kier molecular flexibility index (Phi) is 7.36. The number of carbonyl (C=O) groups excluding carboxylic acids is 3. The van der Waals surface area contributed by atoms with Gasteiger partial charge in [0.05, 0.1) is 0 Å². The second-order valence-electron chi connectivity index (χ2n) is 8.41. The number of thiocarbonyl (C=S) groups is 1. The highest BCUT2D eigenvalue weighted by Gasteiger charge is 2.32. The van der Waals surface area contributed by atoms with Gasteiger partial charge in [0.15, 0.2) is 10.9 Å². The number of hydrogen-bond acceptors (Lipinski definition) is 5. The van der Waals surface area contributed by atoms with Gasteiger partial charge in [0.1, 0.15) is 11.2 Å². The number of nitrogens with one attached hydrogen (secondary N) is 1. The highest BCUT2D eigenvalue weighted by molar-refractivity contribution is 7.80. The Balaban J connectivity index is 1.56. The minimum absolute atomic E-state index is 0.0291. The number of benzene rings is 2. The molecular formula is C28H26N2O4S. The topological polar surface area (TPSA) is 79.6 Å². The first-order chi connectivity index (χ1) is 16.9. The van der Waals surface area contributed by atoms with E-state index in [-0.39, 0.29) is 28.8 Å². The van der Waals surface area contributed by atoms with Gasteiger partial charge in [-0.3, -0.25) is 24.6 Å². The van der Waals surface area contributed by atoms with Gasteiger partial charge in [0.2, 0.25) is 5.78 Å². The summed E-state index contributed by atoms with van der Waals surface area (Å²) in [6.45, 7) is 5.99. The van der Waals surface area contributed by atoms with E-state index in [0.717, 1.165) is 12.8 Å². The number of aryl methyl sites for hydroxylation is 1. The summed E-state index contributed by atoms with van der Waals surface area (Å²) in [4.78, 5) is 39.4. The van der Waals surface area contributed by atoms with Crippen molar-refractivity contribution in [1.29, 1.82) is 0 Å². The highest BCUT2D eigenvalue weighted by atomic mass is 32.1. The van der Waals surface area contributed by atoms with Crippen molar-refractivity contribution < 1.29 is 18.8 Å². The molecule has 178 valence electrons. The third kappa shape index (κ3) is 5.30. The Bertz CT molecular complexity index is 1350. The van der Waals surface area contributed by atoms with Crippen molar-refractivity contribution in [3.8, 4) is 0 Å². The standard InChI is InChI=1S/C28H26N2O4S/c1-3-5-6-7-18-8-11-20(12-9-18)25(31)24-17-21-15-19(10-13-23(21)34-24)16-22-26(32)29-28(35)30(14-4-2)27(22)33/h4,8-13,15-17H,2-3,5-7,14H2,1H3,(H,29,32,35)/b22-16-. The first-order valence-corrected chi connectivity index (χ1v) is 12.0. The number of hydrogen-bond donors (Lipinski definition) is 1. The van der Waals surface area contributed by atoms with Gasteiger partial charge < -0.3 is 4.42 Å². The van der Waals surface area contributed by atoms with E-state index in [1.807, 2.05) is 24.3 Å². The summed E-state index contributed by atoms with van der Waals surface area (Å²) >= 11 is 5.08. The van der Waals surface area contributed by atoms with E-state index in [4.69, 9.17) is 16.6 Å². The van der Waals surface area contributed by atoms with Gasteiger partial charge in [-0.05, 0) is 60.5 Å². The van der Waals surface area contributed by atoms with E-state index >= 15 is 0 Å². The minimum Gasteiger partial charge on any atom is -0.453 e. The van der Waals surface area contributed by atoms with E-state index in [9.17, 15) is 14.4 Å². The van der Waals surface area contributed by atoms with Gasteiger partial charge in [0.25, 0.3) is 11.8 Å². The number of nitrogens with zero attached hydrogens (tertiary/aromatic N) is 1. The fourth-order valence-electron chi connectivity index (χ4n) is 3.96. The van der Waals surface area contributed by atoms with Gasteiger partial charge in [0, 0.05) is 17.5 Å². The van der Waals surface area contributed by atoms with Gasteiger partial charge >= 0.3 is 0 Å². The Hall–Kier alpha value is -3.84. The van der Waals surface area contributed by atoms with Gasteiger partial charge in [-0.25, -0.2) is 0 Å². The van der Waals surface area contributed by atoms with Crippen LogP contribution in [-0.4, -0.2) is 34.2 Å². The van der Waals surface area contributed by atoms with Crippen LogP contribution in [0.15, 0.2) is 71.2 Å². The third-order valence-electron chi connectivity index (χ3n) is 5.86. The molecule has 4 rings (SSSR count). The monoisotopic (exact) mass is 486 g/mol. The molecule has 1 aliphatic heterocycles. The molecule has 35 heavy (non-hydrogen) atoms. The van der Waals surface area contributed by atoms with Gasteiger partial charge in [-0.1, -0.05) is 56.2 Å². The van der Waals surface area contributed by atoms with Gasteiger partial charge in [-0.2, -0.15) is 0 Å². The zero-order chi connectivity index (χ0) is 24.9. The number of carbonyl (C=O) groups is 3. The molecule has 2 aromatic carbocycles. The highest BCUT2D eigenvalue weighted by Crippen LogP contribution is 2.25. The lowest BCUT2D eigenvalue weighted by atomic mass is 10.0. The molecule has 0 atom stereocenters. The lowest BCUT2D eigenvalue weighted by molar-refractivity contribution is -0.128. The second kappa shape index (κ2) is 10.6. The number of fused-ring (bicyclic) bond motifs is 1. The molecule has 0 spiro atoms. The zero-order valence-corrected chi connectivity index (χ0v) is 20.3. The van der Waals surface area contributed by atoms with Crippen LogP contribution in [0.4, 0.5) is 0 Å². The molecule has 6 nitrogen and oxygen atoms in total. The van der Waals surface area contributed by atoms with Crippen LogP contribution in [0, 0.1) is 0 Å². The number of ketones is 1. The fourth-order valence-corrected chi connectivity index (χ4v) is 4.21. The Labute approximate surface area is 209 Å². The summed E-state index contributed by atoms with van der Waals surface area (Å²) < 4.78 is 5.79. The summed E-state index contributed by atoms with van der Waals surface area (Å²) in [6, 6.07) is 14.5. The normalized spacial score (nSPS) is 15.1. The van der Waals surface area contributed by atoms with E-state index in [2.05, 4.69) is 18.8 Å². The number of amides is 2. The maximum Gasteiger partial charge on any atom is 0.265 e. The van der Waals surface area contributed by atoms with Crippen LogP contribution in [0.3, 0.4) is 0 Å². The molecule has 0 saturated carbocycles. The average Bonchev–Trinajstić information content (AvgIpc) is 3.28. The molecule has 1 fully saturated rings. The minimum atomic E-state index is -0.554. The molecular weight excluding hydrogens is 460 g/mol. The van der Waals surface area contributed by atoms with E-state index in [1.165, 1.54) is 35.5 Å². The summed E-state index contributed by atoms with van der Waals surface area (Å²) in [5.41, 5.74) is 2.91. The van der Waals surface area contributed by atoms with Crippen LogP contribution >= 0.6 is 12.2 Å². The maximum atomic E-state index is 13.0. The molecule has 1 aliphatic rings. The van der Waals surface area contributed by atoms with E-state index in [1.54, 1.807) is 24.3 Å². The molecule has 0 radical (unpaired) electrons. The van der Waals surface area contributed by atoms with Crippen LogP contribution in [0.2, 0.25) is 0 Å². The van der Waals surface area contributed by atoms with Crippen molar-refractivity contribution in [3.63, 3.8) is 0 Å². The lowest BCUT2D eigenvalue weighted by Gasteiger charge is -2.27. The Morgan fingerprint density at radius 3 is 2.60 bits per heavy atom. The van der Waals surface area contributed by atoms with Crippen LogP contribution < -0.4 is 5.32 Å².